The quantitative estimate of drug-likeness (QED) is 0.748. The maximum atomic E-state index is 12.6. The molecule has 5 nitrogen and oxygen atoms in total. The Hall–Kier alpha value is -2.37. The van der Waals surface area contributed by atoms with Crippen molar-refractivity contribution >= 4 is 24.2 Å². The minimum Gasteiger partial charge on any atom is -0.352 e. The van der Waals surface area contributed by atoms with Crippen molar-refractivity contribution < 1.29 is 9.59 Å². The highest BCUT2D eigenvalue weighted by atomic mass is 35.5. The molecule has 150 valence electrons. The van der Waals surface area contributed by atoms with Crippen molar-refractivity contribution in [2.45, 2.75) is 38.9 Å². The van der Waals surface area contributed by atoms with Gasteiger partial charge in [-0.25, -0.2) is 0 Å². The minimum absolute atomic E-state index is 0. The van der Waals surface area contributed by atoms with Gasteiger partial charge in [-0.2, -0.15) is 0 Å². The zero-order chi connectivity index (χ0) is 19.2. The van der Waals surface area contributed by atoms with Gasteiger partial charge in [0.2, 0.25) is 11.8 Å². The van der Waals surface area contributed by atoms with E-state index < -0.39 is 0 Å². The number of benzene rings is 2. The van der Waals surface area contributed by atoms with Crippen molar-refractivity contribution in [1.82, 2.24) is 10.2 Å². The van der Waals surface area contributed by atoms with Crippen molar-refractivity contribution in [3.05, 3.63) is 71.3 Å². The Balaban J connectivity index is 0.00000280. The van der Waals surface area contributed by atoms with Crippen molar-refractivity contribution in [1.29, 1.82) is 0 Å². The molecule has 0 aromatic heterocycles. The maximum Gasteiger partial charge on any atom is 0.225 e. The summed E-state index contributed by atoms with van der Waals surface area (Å²) in [7, 11) is 0. The lowest BCUT2D eigenvalue weighted by Gasteiger charge is -2.21. The number of hydrogen-bond acceptors (Lipinski definition) is 3. The topological polar surface area (TPSA) is 75.4 Å². The summed E-state index contributed by atoms with van der Waals surface area (Å²) in [6.07, 6.45) is 1.56. The lowest BCUT2D eigenvalue weighted by Crippen LogP contribution is -2.35. The molecule has 2 aromatic rings. The normalized spacial score (nSPS) is 15.6. The average Bonchev–Trinajstić information content (AvgIpc) is 3.11. The second-order valence-electron chi connectivity index (χ2n) is 7.13. The van der Waals surface area contributed by atoms with Crippen LogP contribution in [0.25, 0.3) is 0 Å². The fourth-order valence-corrected chi connectivity index (χ4v) is 3.43. The second kappa shape index (κ2) is 10.2. The molecule has 2 unspecified atom stereocenters. The molecular formula is C22H28ClN3O2. The molecular weight excluding hydrogens is 374 g/mol. The van der Waals surface area contributed by atoms with Gasteiger partial charge in [0.05, 0.1) is 5.92 Å². The Morgan fingerprint density at radius 3 is 2.39 bits per heavy atom. The van der Waals surface area contributed by atoms with Gasteiger partial charge in [-0.15, -0.1) is 12.4 Å². The summed E-state index contributed by atoms with van der Waals surface area (Å²) in [6, 6.07) is 17.3. The lowest BCUT2D eigenvalue weighted by molar-refractivity contribution is -0.128. The number of amides is 2. The van der Waals surface area contributed by atoms with E-state index in [9.17, 15) is 9.59 Å². The first kappa shape index (κ1) is 21.9. The van der Waals surface area contributed by atoms with Crippen LogP contribution in [0.1, 0.15) is 42.5 Å². The number of nitrogens with zero attached hydrogens (tertiary/aromatic N) is 1. The fraction of sp³-hybridized carbons (Fsp3) is 0.364. The molecule has 0 spiro atoms. The van der Waals surface area contributed by atoms with Gasteiger partial charge in [-0.05, 0) is 23.1 Å². The van der Waals surface area contributed by atoms with E-state index in [-0.39, 0.29) is 36.2 Å². The van der Waals surface area contributed by atoms with E-state index in [2.05, 4.69) is 5.32 Å². The Morgan fingerprint density at radius 1 is 1.11 bits per heavy atom. The number of halogens is 1. The first-order valence-corrected chi connectivity index (χ1v) is 9.49. The van der Waals surface area contributed by atoms with Crippen molar-refractivity contribution in [2.24, 2.45) is 11.7 Å². The highest BCUT2D eigenvalue weighted by molar-refractivity contribution is 5.85. The van der Waals surface area contributed by atoms with Gasteiger partial charge in [0.25, 0.3) is 0 Å². The second-order valence-corrected chi connectivity index (χ2v) is 7.13. The van der Waals surface area contributed by atoms with Crippen LogP contribution < -0.4 is 11.1 Å². The average molecular weight is 402 g/mol. The van der Waals surface area contributed by atoms with E-state index >= 15 is 0 Å². The number of carbonyl (C=O) groups is 2. The minimum atomic E-state index is -0.344. The summed E-state index contributed by atoms with van der Waals surface area (Å²) in [5.41, 5.74) is 9.32. The molecule has 0 saturated carbocycles. The lowest BCUT2D eigenvalue weighted by atomic mass is 9.94. The highest BCUT2D eigenvalue weighted by Gasteiger charge is 2.23. The highest BCUT2D eigenvalue weighted by Crippen LogP contribution is 2.20. The van der Waals surface area contributed by atoms with Crippen LogP contribution >= 0.6 is 12.4 Å². The summed E-state index contributed by atoms with van der Waals surface area (Å²) in [4.78, 5) is 26.4. The zero-order valence-electron chi connectivity index (χ0n) is 16.1. The van der Waals surface area contributed by atoms with Gasteiger partial charge in [0.1, 0.15) is 0 Å². The molecule has 28 heavy (non-hydrogen) atoms. The molecule has 0 radical (unpaired) electrons. The van der Waals surface area contributed by atoms with E-state index in [4.69, 9.17) is 5.73 Å². The van der Waals surface area contributed by atoms with Crippen molar-refractivity contribution in [3.63, 3.8) is 0 Å². The first-order chi connectivity index (χ1) is 13.1. The Labute approximate surface area is 172 Å². The van der Waals surface area contributed by atoms with Crippen LogP contribution in [0.2, 0.25) is 0 Å². The van der Waals surface area contributed by atoms with Gasteiger partial charge in [0, 0.05) is 32.1 Å². The van der Waals surface area contributed by atoms with Crippen LogP contribution in [0, 0.1) is 5.92 Å². The SMILES string of the molecule is CC(C(=O)NCc1ccccc1CN1CCCC1=O)C(N)c1ccccc1.Cl. The maximum absolute atomic E-state index is 12.6. The summed E-state index contributed by atoms with van der Waals surface area (Å²) in [6.45, 7) is 3.69. The monoisotopic (exact) mass is 401 g/mol. The van der Waals surface area contributed by atoms with Crippen LogP contribution in [-0.4, -0.2) is 23.3 Å². The smallest absolute Gasteiger partial charge is 0.225 e. The molecule has 0 bridgehead atoms. The zero-order valence-corrected chi connectivity index (χ0v) is 17.0. The van der Waals surface area contributed by atoms with E-state index in [1.165, 1.54) is 0 Å². The fourth-order valence-electron chi connectivity index (χ4n) is 3.43. The van der Waals surface area contributed by atoms with Crippen LogP contribution in [0.5, 0.6) is 0 Å². The number of likely N-dealkylation sites (tertiary alicyclic amines) is 1. The third-order valence-corrected chi connectivity index (χ3v) is 5.24. The van der Waals surface area contributed by atoms with Crippen molar-refractivity contribution in [3.8, 4) is 0 Å². The molecule has 1 heterocycles. The van der Waals surface area contributed by atoms with Gasteiger partial charge < -0.3 is 16.0 Å². The van der Waals surface area contributed by atoms with Gasteiger partial charge in [-0.3, -0.25) is 9.59 Å². The number of nitrogens with one attached hydrogen (secondary N) is 1. The van der Waals surface area contributed by atoms with Gasteiger partial charge in [0.15, 0.2) is 0 Å². The van der Waals surface area contributed by atoms with Gasteiger partial charge >= 0.3 is 0 Å². The van der Waals surface area contributed by atoms with Gasteiger partial charge in [-0.1, -0.05) is 61.5 Å². The Morgan fingerprint density at radius 2 is 1.75 bits per heavy atom. The third kappa shape index (κ3) is 5.33. The summed E-state index contributed by atoms with van der Waals surface area (Å²) in [5.74, 6) is -0.200. The van der Waals surface area contributed by atoms with Crippen LogP contribution in [-0.2, 0) is 22.7 Å². The molecule has 3 rings (SSSR count). The summed E-state index contributed by atoms with van der Waals surface area (Å²) < 4.78 is 0. The molecule has 0 aliphatic carbocycles. The standard InChI is InChI=1S/C22H27N3O2.ClH/c1-16(21(23)17-8-3-2-4-9-17)22(27)24-14-18-10-5-6-11-19(18)15-25-13-7-12-20(25)26;/h2-6,8-11,16,21H,7,12-15,23H2,1H3,(H,24,27);1H. The molecule has 1 saturated heterocycles. The van der Waals surface area contributed by atoms with E-state index in [0.29, 0.717) is 19.5 Å². The number of nitrogens with two attached hydrogens (primary N) is 1. The van der Waals surface area contributed by atoms with Crippen LogP contribution in [0.4, 0.5) is 0 Å². The predicted molar refractivity (Wildman–Crippen MR) is 113 cm³/mol. The molecule has 1 aliphatic rings. The Bertz CT molecular complexity index is 797. The third-order valence-electron chi connectivity index (χ3n) is 5.24. The Kier molecular flexibility index (Phi) is 8.03. The van der Waals surface area contributed by atoms with Crippen LogP contribution in [0.3, 0.4) is 0 Å². The number of hydrogen-bond donors (Lipinski definition) is 2. The predicted octanol–water partition coefficient (Wildman–Crippen LogP) is 3.18. The molecule has 1 aliphatic heterocycles. The molecule has 3 N–H and O–H groups in total. The molecule has 2 aromatic carbocycles. The van der Waals surface area contributed by atoms with E-state index in [0.717, 1.165) is 29.7 Å². The van der Waals surface area contributed by atoms with E-state index in [1.54, 1.807) is 0 Å². The summed E-state index contributed by atoms with van der Waals surface area (Å²) in [5, 5.41) is 3.00. The largest absolute Gasteiger partial charge is 0.352 e. The molecule has 6 heteroatoms. The molecule has 1 fully saturated rings. The van der Waals surface area contributed by atoms with Crippen LogP contribution in [0.15, 0.2) is 54.6 Å². The number of rotatable bonds is 7. The summed E-state index contributed by atoms with van der Waals surface area (Å²) >= 11 is 0. The molecule has 2 amide bonds. The molecule has 2 atom stereocenters. The number of carbonyl (C=O) groups excluding carboxylic acids is 2. The van der Waals surface area contributed by atoms with Crippen molar-refractivity contribution in [2.75, 3.05) is 6.54 Å². The first-order valence-electron chi connectivity index (χ1n) is 9.49. The van der Waals surface area contributed by atoms with E-state index in [1.807, 2.05) is 66.4 Å².